The number of nitrogens with zero attached hydrogens (tertiary/aromatic N) is 1. The van der Waals surface area contributed by atoms with Gasteiger partial charge < -0.3 is 10.1 Å². The van der Waals surface area contributed by atoms with Crippen molar-refractivity contribution in [2.75, 3.05) is 6.61 Å². The lowest BCUT2D eigenvalue weighted by atomic mass is 10.4. The minimum absolute atomic E-state index is 0.00733. The Kier molecular flexibility index (Phi) is 2.65. The Balaban J connectivity index is 2.80. The number of amides is 1. The van der Waals surface area contributed by atoms with Crippen molar-refractivity contribution in [3.63, 3.8) is 0 Å². The molecule has 0 bridgehead atoms. The number of hydrogen-bond acceptors (Lipinski definition) is 3. The van der Waals surface area contributed by atoms with E-state index in [1.54, 1.807) is 0 Å². The normalized spacial score (nSPS) is 20.2. The molecule has 1 saturated heterocycles. The molecular formula is C7H7BrN2O2. The van der Waals surface area contributed by atoms with Crippen molar-refractivity contribution in [2.24, 2.45) is 4.99 Å². The van der Waals surface area contributed by atoms with Crippen molar-refractivity contribution in [3.8, 4) is 0 Å². The zero-order chi connectivity index (χ0) is 9.14. The molecule has 0 saturated carbocycles. The smallest absolute Gasteiger partial charge is 0.263 e. The lowest BCUT2D eigenvalue weighted by molar-refractivity contribution is -0.123. The zero-order valence-corrected chi connectivity index (χ0v) is 7.85. The van der Waals surface area contributed by atoms with E-state index in [0.29, 0.717) is 16.2 Å². The Labute approximate surface area is 78.1 Å². The highest BCUT2D eigenvalue weighted by Gasteiger charge is 2.17. The fourth-order valence-electron chi connectivity index (χ4n) is 0.670. The van der Waals surface area contributed by atoms with Gasteiger partial charge in [0.25, 0.3) is 5.91 Å². The van der Waals surface area contributed by atoms with Crippen molar-refractivity contribution in [1.29, 1.82) is 0 Å². The van der Waals surface area contributed by atoms with E-state index in [4.69, 9.17) is 4.74 Å². The van der Waals surface area contributed by atoms with Crippen LogP contribution in [0.5, 0.6) is 0 Å². The maximum Gasteiger partial charge on any atom is 0.263 e. The molecule has 64 valence electrons. The summed E-state index contributed by atoms with van der Waals surface area (Å²) in [5.41, 5.74) is 0. The number of aliphatic imine (C=N–C) groups is 1. The van der Waals surface area contributed by atoms with Gasteiger partial charge in [-0.15, -0.1) is 0 Å². The minimum Gasteiger partial charge on any atom is -0.481 e. The van der Waals surface area contributed by atoms with Crippen molar-refractivity contribution in [2.45, 2.75) is 0 Å². The highest BCUT2D eigenvalue weighted by molar-refractivity contribution is 9.11. The van der Waals surface area contributed by atoms with Crippen LogP contribution in [-0.2, 0) is 9.53 Å². The number of ether oxygens (including phenoxy) is 1. The largest absolute Gasteiger partial charge is 0.481 e. The van der Waals surface area contributed by atoms with E-state index >= 15 is 0 Å². The molecule has 0 unspecified atom stereocenters. The molecule has 12 heavy (non-hydrogen) atoms. The van der Waals surface area contributed by atoms with Gasteiger partial charge in [-0.3, -0.25) is 4.79 Å². The first kappa shape index (κ1) is 8.99. The molecule has 1 amide bonds. The molecule has 1 aliphatic rings. The molecule has 0 aromatic rings. The summed E-state index contributed by atoms with van der Waals surface area (Å²) in [6, 6.07) is 0. The van der Waals surface area contributed by atoms with E-state index in [1.807, 2.05) is 0 Å². The fraction of sp³-hybridized carbons (Fsp3) is 0.143. The molecule has 0 spiro atoms. The first-order valence-corrected chi connectivity index (χ1v) is 3.94. The van der Waals surface area contributed by atoms with E-state index in [9.17, 15) is 4.79 Å². The molecule has 1 aliphatic heterocycles. The van der Waals surface area contributed by atoms with Crippen LogP contribution >= 0.6 is 15.9 Å². The molecule has 4 nitrogen and oxygen atoms in total. The summed E-state index contributed by atoms with van der Waals surface area (Å²) in [7, 11) is 0. The van der Waals surface area contributed by atoms with Gasteiger partial charge in [0.2, 0.25) is 0 Å². The van der Waals surface area contributed by atoms with Crippen molar-refractivity contribution < 1.29 is 9.53 Å². The Bertz CT molecular complexity index is 283. The average molecular weight is 231 g/mol. The van der Waals surface area contributed by atoms with Crippen LogP contribution in [0.3, 0.4) is 0 Å². The Morgan fingerprint density at radius 1 is 1.75 bits per heavy atom. The highest BCUT2D eigenvalue weighted by atomic mass is 79.9. The summed E-state index contributed by atoms with van der Waals surface area (Å²) >= 11 is 3.03. The van der Waals surface area contributed by atoms with E-state index in [-0.39, 0.29) is 12.5 Å². The number of hydrogen-bond donors (Lipinski definition) is 1. The molecule has 1 fully saturated rings. The summed E-state index contributed by atoms with van der Waals surface area (Å²) in [6.07, 6.45) is 0. The first-order valence-electron chi connectivity index (χ1n) is 3.14. The van der Waals surface area contributed by atoms with Crippen LogP contribution in [0.4, 0.5) is 0 Å². The molecule has 0 radical (unpaired) electrons. The second kappa shape index (κ2) is 3.53. The molecule has 1 rings (SSSR count). The number of nitrogens with one attached hydrogen (secondary N) is 1. The molecule has 0 atom stereocenters. The lowest BCUT2D eigenvalue weighted by Gasteiger charge is -2.17. The predicted molar refractivity (Wildman–Crippen MR) is 48.7 cm³/mol. The topological polar surface area (TPSA) is 50.7 Å². The second-order valence-electron chi connectivity index (χ2n) is 2.10. The van der Waals surface area contributed by atoms with Crippen molar-refractivity contribution in [3.05, 3.63) is 23.5 Å². The van der Waals surface area contributed by atoms with Gasteiger partial charge in [-0.1, -0.05) is 13.2 Å². The van der Waals surface area contributed by atoms with Crippen LogP contribution in [0.25, 0.3) is 0 Å². The Hall–Kier alpha value is -1.10. The third-order valence-corrected chi connectivity index (χ3v) is 1.31. The van der Waals surface area contributed by atoms with Crippen LogP contribution in [-0.4, -0.2) is 18.3 Å². The van der Waals surface area contributed by atoms with Crippen LogP contribution in [0.15, 0.2) is 28.5 Å². The van der Waals surface area contributed by atoms with Crippen LogP contribution in [0.1, 0.15) is 0 Å². The number of halogens is 1. The number of morpholine rings is 1. The van der Waals surface area contributed by atoms with Crippen molar-refractivity contribution >= 4 is 27.7 Å². The maximum absolute atomic E-state index is 10.8. The lowest BCUT2D eigenvalue weighted by Crippen LogP contribution is -2.40. The number of carbonyl (C=O) groups excluding carboxylic acids is 1. The number of carbonyl (C=O) groups is 1. The Morgan fingerprint density at radius 3 is 3.00 bits per heavy atom. The summed E-state index contributed by atoms with van der Waals surface area (Å²) in [6.45, 7) is 7.04. The minimum atomic E-state index is -0.241. The molecule has 1 heterocycles. The third kappa shape index (κ3) is 2.20. The summed E-state index contributed by atoms with van der Waals surface area (Å²) < 4.78 is 5.31. The van der Waals surface area contributed by atoms with E-state index < -0.39 is 0 Å². The maximum atomic E-state index is 10.8. The first-order chi connectivity index (χ1) is 5.59. The second-order valence-corrected chi connectivity index (χ2v) is 3.01. The van der Waals surface area contributed by atoms with E-state index in [0.717, 1.165) is 0 Å². The molecule has 0 aromatic carbocycles. The van der Waals surface area contributed by atoms with E-state index in [2.05, 4.69) is 39.4 Å². The van der Waals surface area contributed by atoms with Gasteiger partial charge in [0.15, 0.2) is 18.2 Å². The van der Waals surface area contributed by atoms with Crippen molar-refractivity contribution in [1.82, 2.24) is 5.32 Å². The zero-order valence-electron chi connectivity index (χ0n) is 6.26. The molecule has 0 aliphatic carbocycles. The quantitative estimate of drug-likeness (QED) is 0.682. The molecule has 5 heteroatoms. The summed E-state index contributed by atoms with van der Waals surface area (Å²) in [4.78, 5) is 14.6. The molecule has 1 N–H and O–H groups in total. The van der Waals surface area contributed by atoms with Gasteiger partial charge in [-0.2, -0.15) is 0 Å². The van der Waals surface area contributed by atoms with Crippen LogP contribution < -0.4 is 5.32 Å². The van der Waals surface area contributed by atoms with Gasteiger partial charge in [0.05, 0.1) is 0 Å². The van der Waals surface area contributed by atoms with Crippen LogP contribution in [0, 0.1) is 0 Å². The number of rotatable bonds is 1. The summed E-state index contributed by atoms with van der Waals surface area (Å²) in [5, 5.41) is 2.49. The highest BCUT2D eigenvalue weighted by Crippen LogP contribution is 2.08. The van der Waals surface area contributed by atoms with Gasteiger partial charge in [-0.05, 0) is 15.9 Å². The standard InChI is InChI=1S/C7H7BrN2O2/c1-4-7(9-5(2)8)10-6(11)3-12-4/h1-3H2,(H,9,10,11). The monoisotopic (exact) mass is 230 g/mol. The van der Waals surface area contributed by atoms with Gasteiger partial charge in [-0.25, -0.2) is 4.99 Å². The van der Waals surface area contributed by atoms with Crippen LogP contribution in [0.2, 0.25) is 0 Å². The van der Waals surface area contributed by atoms with Gasteiger partial charge in [0, 0.05) is 0 Å². The summed E-state index contributed by atoms with van der Waals surface area (Å²) in [5.74, 6) is 0.401. The SMILES string of the molecule is C=C(Br)/N=C1/NC(=O)COC1=C. The molecule has 0 aromatic heterocycles. The predicted octanol–water partition coefficient (Wildman–Crippen LogP) is 0.911. The Morgan fingerprint density at radius 2 is 2.42 bits per heavy atom. The number of amidine groups is 1. The fourth-order valence-corrected chi connectivity index (χ4v) is 0.848. The van der Waals surface area contributed by atoms with Gasteiger partial charge in [0.1, 0.15) is 4.61 Å². The van der Waals surface area contributed by atoms with E-state index in [1.165, 1.54) is 0 Å². The van der Waals surface area contributed by atoms with Gasteiger partial charge >= 0.3 is 0 Å². The molecular weight excluding hydrogens is 224 g/mol. The third-order valence-electron chi connectivity index (χ3n) is 1.13. The average Bonchev–Trinajstić information content (AvgIpc) is 1.96.